The average Bonchev–Trinajstić information content (AvgIpc) is 3.04. The number of hydrogen-bond acceptors (Lipinski definition) is 5. The molecular weight excluding hydrogens is 276 g/mol. The fourth-order valence-corrected chi connectivity index (χ4v) is 3.27. The molecule has 7 heteroatoms. The summed E-state index contributed by atoms with van der Waals surface area (Å²) in [6.45, 7) is 1.16. The van der Waals surface area contributed by atoms with E-state index in [0.717, 1.165) is 17.8 Å². The van der Waals surface area contributed by atoms with E-state index in [9.17, 15) is 9.59 Å². The first-order valence-electron chi connectivity index (χ1n) is 6.92. The first-order valence-corrected chi connectivity index (χ1v) is 7.80. The van der Waals surface area contributed by atoms with Crippen LogP contribution in [0.5, 0.6) is 0 Å². The molecule has 1 atom stereocenters. The topological polar surface area (TPSA) is 88.3 Å². The van der Waals surface area contributed by atoms with Gasteiger partial charge >= 0.3 is 0 Å². The summed E-state index contributed by atoms with van der Waals surface area (Å²) in [5.41, 5.74) is 5.89. The molecule has 1 aliphatic carbocycles. The Bertz CT molecular complexity index is 526. The van der Waals surface area contributed by atoms with Crippen molar-refractivity contribution in [3.8, 4) is 0 Å². The number of nitrogens with zero attached hydrogens (tertiary/aromatic N) is 2. The standard InChI is InChI=1S/C13H18N4O2S/c14-4-3-11-16-10(7-20-11)13(19)15-8-5-12(18)17(6-8)9-1-2-9/h7-9H,1-6,14H2,(H,15,19). The highest BCUT2D eigenvalue weighted by Gasteiger charge is 2.39. The number of nitrogens with two attached hydrogens (primary N) is 1. The van der Waals surface area contributed by atoms with E-state index in [1.807, 2.05) is 4.90 Å². The lowest BCUT2D eigenvalue weighted by atomic mass is 10.2. The number of carbonyl (C=O) groups is 2. The van der Waals surface area contributed by atoms with Gasteiger partial charge in [-0.1, -0.05) is 0 Å². The van der Waals surface area contributed by atoms with Crippen LogP contribution in [0.15, 0.2) is 5.38 Å². The molecule has 0 bridgehead atoms. The predicted molar refractivity (Wildman–Crippen MR) is 75.5 cm³/mol. The minimum absolute atomic E-state index is 0.0877. The lowest BCUT2D eigenvalue weighted by molar-refractivity contribution is -0.128. The van der Waals surface area contributed by atoms with Gasteiger partial charge in [-0.15, -0.1) is 11.3 Å². The molecular formula is C13H18N4O2S. The molecule has 1 unspecified atom stereocenters. The van der Waals surface area contributed by atoms with Crippen LogP contribution in [-0.2, 0) is 11.2 Å². The fourth-order valence-electron chi connectivity index (χ4n) is 2.48. The molecule has 0 radical (unpaired) electrons. The zero-order valence-corrected chi connectivity index (χ0v) is 12.0. The molecule has 20 heavy (non-hydrogen) atoms. The summed E-state index contributed by atoms with van der Waals surface area (Å²) in [5, 5.41) is 5.53. The molecule has 2 fully saturated rings. The van der Waals surface area contributed by atoms with Crippen molar-refractivity contribution < 1.29 is 9.59 Å². The number of thiazole rings is 1. The monoisotopic (exact) mass is 294 g/mol. The zero-order valence-electron chi connectivity index (χ0n) is 11.2. The van der Waals surface area contributed by atoms with Gasteiger partial charge in [0.1, 0.15) is 5.69 Å². The molecule has 1 aromatic heterocycles. The normalized spacial score (nSPS) is 22.4. The van der Waals surface area contributed by atoms with Crippen LogP contribution in [-0.4, -0.2) is 46.9 Å². The first kappa shape index (κ1) is 13.5. The quantitative estimate of drug-likeness (QED) is 0.808. The van der Waals surface area contributed by atoms with Gasteiger partial charge in [-0.25, -0.2) is 4.98 Å². The Morgan fingerprint density at radius 3 is 3.05 bits per heavy atom. The zero-order chi connectivity index (χ0) is 14.1. The van der Waals surface area contributed by atoms with Gasteiger partial charge in [0.05, 0.1) is 11.0 Å². The third-order valence-corrected chi connectivity index (χ3v) is 4.53. The van der Waals surface area contributed by atoms with Gasteiger partial charge in [0, 0.05) is 30.8 Å². The van der Waals surface area contributed by atoms with E-state index in [4.69, 9.17) is 5.73 Å². The van der Waals surface area contributed by atoms with Gasteiger partial charge < -0.3 is 16.0 Å². The van der Waals surface area contributed by atoms with Crippen LogP contribution in [0.4, 0.5) is 0 Å². The molecule has 2 amide bonds. The number of aromatic nitrogens is 1. The van der Waals surface area contributed by atoms with E-state index in [1.165, 1.54) is 11.3 Å². The van der Waals surface area contributed by atoms with E-state index < -0.39 is 0 Å². The Balaban J connectivity index is 1.57. The van der Waals surface area contributed by atoms with Gasteiger partial charge in [0.2, 0.25) is 5.91 Å². The van der Waals surface area contributed by atoms with E-state index in [2.05, 4.69) is 10.3 Å². The third kappa shape index (κ3) is 2.83. The summed E-state index contributed by atoms with van der Waals surface area (Å²) in [5.74, 6) is -0.0418. The van der Waals surface area contributed by atoms with Crippen molar-refractivity contribution >= 4 is 23.2 Å². The molecule has 0 aromatic carbocycles. The number of nitrogens with one attached hydrogen (secondary N) is 1. The molecule has 1 saturated heterocycles. The van der Waals surface area contributed by atoms with Gasteiger partial charge in [0.25, 0.3) is 5.91 Å². The number of carbonyl (C=O) groups excluding carboxylic acids is 2. The molecule has 2 heterocycles. The Morgan fingerprint density at radius 1 is 1.55 bits per heavy atom. The smallest absolute Gasteiger partial charge is 0.271 e. The van der Waals surface area contributed by atoms with Crippen molar-refractivity contribution in [3.05, 3.63) is 16.1 Å². The van der Waals surface area contributed by atoms with Crippen molar-refractivity contribution in [1.82, 2.24) is 15.2 Å². The van der Waals surface area contributed by atoms with Crippen LogP contribution in [0.25, 0.3) is 0 Å². The van der Waals surface area contributed by atoms with Crippen LogP contribution in [0.3, 0.4) is 0 Å². The Hall–Kier alpha value is -1.47. The maximum atomic E-state index is 12.1. The summed E-state index contributed by atoms with van der Waals surface area (Å²) < 4.78 is 0. The highest BCUT2D eigenvalue weighted by atomic mass is 32.1. The number of amides is 2. The maximum Gasteiger partial charge on any atom is 0.271 e. The average molecular weight is 294 g/mol. The second-order valence-corrected chi connectivity index (χ2v) is 6.26. The molecule has 2 aliphatic rings. The molecule has 6 nitrogen and oxygen atoms in total. The third-order valence-electron chi connectivity index (χ3n) is 3.62. The SMILES string of the molecule is NCCc1nc(C(=O)NC2CC(=O)N(C3CC3)C2)cs1. The van der Waals surface area contributed by atoms with Gasteiger partial charge in [-0.3, -0.25) is 9.59 Å². The van der Waals surface area contributed by atoms with Crippen molar-refractivity contribution in [2.75, 3.05) is 13.1 Å². The van der Waals surface area contributed by atoms with Gasteiger partial charge in [-0.2, -0.15) is 0 Å². The highest BCUT2D eigenvalue weighted by molar-refractivity contribution is 7.09. The van der Waals surface area contributed by atoms with Crippen LogP contribution in [0.2, 0.25) is 0 Å². The van der Waals surface area contributed by atoms with E-state index in [0.29, 0.717) is 37.7 Å². The van der Waals surface area contributed by atoms with Gasteiger partial charge in [-0.05, 0) is 19.4 Å². The summed E-state index contributed by atoms with van der Waals surface area (Å²) in [6, 6.07) is 0.329. The van der Waals surface area contributed by atoms with Crippen molar-refractivity contribution in [2.24, 2.45) is 5.73 Å². The molecule has 0 spiro atoms. The summed E-state index contributed by atoms with van der Waals surface area (Å²) in [7, 11) is 0. The number of rotatable bonds is 5. The fraction of sp³-hybridized carbons (Fsp3) is 0.615. The Kier molecular flexibility index (Phi) is 3.71. The maximum absolute atomic E-state index is 12.1. The molecule has 108 valence electrons. The summed E-state index contributed by atoms with van der Waals surface area (Å²) >= 11 is 1.45. The lowest BCUT2D eigenvalue weighted by Crippen LogP contribution is -2.37. The molecule has 3 rings (SSSR count). The van der Waals surface area contributed by atoms with Crippen LogP contribution >= 0.6 is 11.3 Å². The number of hydrogen-bond donors (Lipinski definition) is 2. The Morgan fingerprint density at radius 2 is 2.35 bits per heavy atom. The Labute approximate surface area is 121 Å². The van der Waals surface area contributed by atoms with E-state index >= 15 is 0 Å². The summed E-state index contributed by atoms with van der Waals surface area (Å²) in [4.78, 5) is 30.1. The molecule has 1 aliphatic heterocycles. The lowest BCUT2D eigenvalue weighted by Gasteiger charge is -2.15. The molecule has 1 aromatic rings. The van der Waals surface area contributed by atoms with Crippen LogP contribution in [0.1, 0.15) is 34.8 Å². The minimum Gasteiger partial charge on any atom is -0.346 e. The van der Waals surface area contributed by atoms with Crippen molar-refractivity contribution in [2.45, 2.75) is 37.8 Å². The molecule has 3 N–H and O–H groups in total. The minimum atomic E-state index is -0.194. The van der Waals surface area contributed by atoms with E-state index in [-0.39, 0.29) is 17.9 Å². The van der Waals surface area contributed by atoms with Crippen LogP contribution in [0, 0.1) is 0 Å². The summed E-state index contributed by atoms with van der Waals surface area (Å²) in [6.07, 6.45) is 3.29. The molecule has 1 saturated carbocycles. The first-order chi connectivity index (χ1) is 9.67. The second-order valence-electron chi connectivity index (χ2n) is 5.32. The largest absolute Gasteiger partial charge is 0.346 e. The number of likely N-dealkylation sites (tertiary alicyclic amines) is 1. The second kappa shape index (κ2) is 5.49. The highest BCUT2D eigenvalue weighted by Crippen LogP contribution is 2.30. The van der Waals surface area contributed by atoms with Crippen LogP contribution < -0.4 is 11.1 Å². The van der Waals surface area contributed by atoms with E-state index in [1.54, 1.807) is 5.38 Å². The van der Waals surface area contributed by atoms with Crippen molar-refractivity contribution in [3.63, 3.8) is 0 Å². The van der Waals surface area contributed by atoms with Crippen molar-refractivity contribution in [1.29, 1.82) is 0 Å². The predicted octanol–water partition coefficient (Wildman–Crippen LogP) is 0.137. The van der Waals surface area contributed by atoms with Gasteiger partial charge in [0.15, 0.2) is 0 Å².